The summed E-state index contributed by atoms with van der Waals surface area (Å²) in [7, 11) is 0. The fourth-order valence-electron chi connectivity index (χ4n) is 4.15. The van der Waals surface area contributed by atoms with Gasteiger partial charge in [0.15, 0.2) is 5.96 Å². The first-order chi connectivity index (χ1) is 16.3. The highest BCUT2D eigenvalue weighted by Crippen LogP contribution is 2.24. The second-order valence-corrected chi connectivity index (χ2v) is 8.39. The number of aliphatic imine (C=N–C) groups is 1. The maximum atomic E-state index is 5.54. The van der Waals surface area contributed by atoms with Crippen LogP contribution in [0.25, 0.3) is 0 Å². The summed E-state index contributed by atoms with van der Waals surface area (Å²) in [6.45, 7) is 6.83. The lowest BCUT2D eigenvalue weighted by molar-refractivity contribution is 0.186. The number of hydrogen-bond donors (Lipinski definition) is 2. The monoisotopic (exact) mass is 574 g/mol. The number of aryl methyl sites for hydroxylation is 1. The van der Waals surface area contributed by atoms with E-state index in [4.69, 9.17) is 9.73 Å². The maximum absolute atomic E-state index is 5.54. The zero-order valence-electron chi connectivity index (χ0n) is 19.8. The van der Waals surface area contributed by atoms with E-state index in [-0.39, 0.29) is 29.9 Å². The van der Waals surface area contributed by atoms with E-state index in [1.807, 2.05) is 0 Å². The van der Waals surface area contributed by atoms with Crippen LogP contribution in [0.15, 0.2) is 72.0 Å². The predicted octanol–water partition coefficient (Wildman–Crippen LogP) is 3.86. The van der Waals surface area contributed by atoms with Crippen molar-refractivity contribution >= 4 is 29.9 Å². The van der Waals surface area contributed by atoms with Gasteiger partial charge in [0.1, 0.15) is 12.2 Å². The average molecular weight is 575 g/mol. The van der Waals surface area contributed by atoms with Gasteiger partial charge in [0.05, 0.1) is 13.2 Å². The molecule has 0 aliphatic carbocycles. The molecule has 0 spiro atoms. The van der Waals surface area contributed by atoms with Gasteiger partial charge in [-0.05, 0) is 17.5 Å². The molecule has 8 heteroatoms. The van der Waals surface area contributed by atoms with Crippen LogP contribution < -0.4 is 10.6 Å². The number of ether oxygens (including phenoxy) is 1. The molecule has 7 nitrogen and oxygen atoms in total. The van der Waals surface area contributed by atoms with E-state index in [2.05, 4.69) is 93.0 Å². The summed E-state index contributed by atoms with van der Waals surface area (Å²) in [5.41, 5.74) is 2.54. The first kappa shape index (κ1) is 26.2. The van der Waals surface area contributed by atoms with Crippen molar-refractivity contribution < 1.29 is 4.74 Å². The summed E-state index contributed by atoms with van der Waals surface area (Å²) in [6, 6.07) is 21.2. The molecular formula is C26H35IN6O. The molecule has 1 fully saturated rings. The Bertz CT molecular complexity index is 949. The van der Waals surface area contributed by atoms with Crippen molar-refractivity contribution in [1.82, 2.24) is 25.4 Å². The van der Waals surface area contributed by atoms with Crippen LogP contribution in [0.3, 0.4) is 0 Å². The van der Waals surface area contributed by atoms with Crippen molar-refractivity contribution in [3.63, 3.8) is 0 Å². The zero-order chi connectivity index (χ0) is 22.7. The van der Waals surface area contributed by atoms with Crippen LogP contribution in [-0.4, -0.2) is 53.6 Å². The van der Waals surface area contributed by atoms with Gasteiger partial charge < -0.3 is 19.9 Å². The Morgan fingerprint density at radius 3 is 2.41 bits per heavy atom. The van der Waals surface area contributed by atoms with Gasteiger partial charge in [-0.15, -0.1) is 34.2 Å². The second kappa shape index (κ2) is 14.1. The number of nitrogens with one attached hydrogen (secondary N) is 2. The quantitative estimate of drug-likeness (QED) is 0.219. The molecule has 182 valence electrons. The number of rotatable bonds is 10. The predicted molar refractivity (Wildman–Crippen MR) is 147 cm³/mol. The summed E-state index contributed by atoms with van der Waals surface area (Å²) in [5, 5.41) is 15.3. The van der Waals surface area contributed by atoms with Crippen molar-refractivity contribution in [2.24, 2.45) is 10.9 Å². The van der Waals surface area contributed by atoms with Crippen LogP contribution in [0.4, 0.5) is 0 Å². The van der Waals surface area contributed by atoms with E-state index >= 15 is 0 Å². The lowest BCUT2D eigenvalue weighted by atomic mass is 9.91. The Labute approximate surface area is 219 Å². The molecule has 1 atom stereocenters. The van der Waals surface area contributed by atoms with Crippen LogP contribution in [0.1, 0.15) is 36.2 Å². The standard InChI is InChI=1S/C26H34N6O.HI/c1-2-25-31-30-20-32(25)15-14-27-26(28-17-21-13-16-33-19-21)29-18-24(22-9-5-3-6-10-22)23-11-7-4-8-12-23;/h3-12,20-21,24H,2,13-19H2,1H3,(H2,27,28,29);1H. The van der Waals surface area contributed by atoms with Gasteiger partial charge >= 0.3 is 0 Å². The van der Waals surface area contributed by atoms with Crippen molar-refractivity contribution in [2.45, 2.75) is 32.2 Å². The van der Waals surface area contributed by atoms with Crippen LogP contribution >= 0.6 is 24.0 Å². The molecule has 1 aromatic heterocycles. The smallest absolute Gasteiger partial charge is 0.191 e. The molecule has 2 heterocycles. The number of guanidine groups is 1. The molecule has 1 aliphatic heterocycles. The Kier molecular flexibility index (Phi) is 10.8. The van der Waals surface area contributed by atoms with Crippen molar-refractivity contribution in [3.05, 3.63) is 83.9 Å². The third-order valence-electron chi connectivity index (χ3n) is 6.08. The lowest BCUT2D eigenvalue weighted by Gasteiger charge is -2.19. The third-order valence-corrected chi connectivity index (χ3v) is 6.08. The molecule has 0 amide bonds. The zero-order valence-corrected chi connectivity index (χ0v) is 22.1. The molecule has 2 N–H and O–H groups in total. The summed E-state index contributed by atoms with van der Waals surface area (Å²) >= 11 is 0. The highest BCUT2D eigenvalue weighted by Gasteiger charge is 2.17. The molecule has 34 heavy (non-hydrogen) atoms. The van der Waals surface area contributed by atoms with Crippen molar-refractivity contribution in [2.75, 3.05) is 32.8 Å². The highest BCUT2D eigenvalue weighted by molar-refractivity contribution is 14.0. The molecule has 1 aliphatic rings. The molecule has 3 aromatic rings. The third kappa shape index (κ3) is 7.53. The number of hydrogen-bond acceptors (Lipinski definition) is 4. The summed E-state index contributed by atoms with van der Waals surface area (Å²) in [4.78, 5) is 5.01. The first-order valence-electron chi connectivity index (χ1n) is 11.9. The SMILES string of the molecule is CCc1nncn1CCNC(=NCC(c1ccccc1)c1ccccc1)NCC1CCOC1.I. The van der Waals surface area contributed by atoms with E-state index in [1.54, 1.807) is 6.33 Å². The van der Waals surface area contributed by atoms with Gasteiger partial charge in [0.25, 0.3) is 0 Å². The molecule has 4 rings (SSSR count). The van der Waals surface area contributed by atoms with E-state index in [0.717, 1.165) is 57.5 Å². The normalized spacial score (nSPS) is 15.8. The van der Waals surface area contributed by atoms with Crippen LogP contribution in [-0.2, 0) is 17.7 Å². The van der Waals surface area contributed by atoms with E-state index < -0.39 is 0 Å². The first-order valence-corrected chi connectivity index (χ1v) is 11.9. The van der Waals surface area contributed by atoms with Gasteiger partial charge in [0.2, 0.25) is 0 Å². The Morgan fingerprint density at radius 2 is 1.79 bits per heavy atom. The van der Waals surface area contributed by atoms with E-state index in [9.17, 15) is 0 Å². The van der Waals surface area contributed by atoms with Gasteiger partial charge in [-0.3, -0.25) is 4.99 Å². The second-order valence-electron chi connectivity index (χ2n) is 8.39. The fraction of sp³-hybridized carbons (Fsp3) is 0.423. The summed E-state index contributed by atoms with van der Waals surface area (Å²) in [6.07, 6.45) is 3.76. The average Bonchev–Trinajstić information content (AvgIpc) is 3.55. The topological polar surface area (TPSA) is 76.4 Å². The maximum Gasteiger partial charge on any atom is 0.191 e. The van der Waals surface area contributed by atoms with Crippen LogP contribution in [0.2, 0.25) is 0 Å². The molecule has 0 saturated carbocycles. The molecule has 2 aromatic carbocycles. The van der Waals surface area contributed by atoms with Crippen molar-refractivity contribution in [3.8, 4) is 0 Å². The fourth-order valence-corrected chi connectivity index (χ4v) is 4.15. The molecule has 1 unspecified atom stereocenters. The number of halogens is 1. The largest absolute Gasteiger partial charge is 0.381 e. The number of aromatic nitrogens is 3. The van der Waals surface area contributed by atoms with Gasteiger partial charge in [-0.25, -0.2) is 0 Å². The molecular weight excluding hydrogens is 539 g/mol. The Morgan fingerprint density at radius 1 is 1.09 bits per heavy atom. The Balaban J connectivity index is 0.00000324. The highest BCUT2D eigenvalue weighted by atomic mass is 127. The van der Waals surface area contributed by atoms with Crippen LogP contribution in [0, 0.1) is 5.92 Å². The van der Waals surface area contributed by atoms with Gasteiger partial charge in [0, 0.05) is 44.5 Å². The van der Waals surface area contributed by atoms with Gasteiger partial charge in [-0.2, -0.15) is 0 Å². The minimum Gasteiger partial charge on any atom is -0.381 e. The number of nitrogens with zero attached hydrogens (tertiary/aromatic N) is 4. The lowest BCUT2D eigenvalue weighted by Crippen LogP contribution is -2.41. The van der Waals surface area contributed by atoms with E-state index in [1.165, 1.54) is 11.1 Å². The number of benzene rings is 2. The van der Waals surface area contributed by atoms with E-state index in [0.29, 0.717) is 12.5 Å². The molecule has 0 bridgehead atoms. The van der Waals surface area contributed by atoms with Crippen molar-refractivity contribution in [1.29, 1.82) is 0 Å². The van der Waals surface area contributed by atoms with Gasteiger partial charge in [-0.1, -0.05) is 67.6 Å². The Hall–Kier alpha value is -2.46. The summed E-state index contributed by atoms with van der Waals surface area (Å²) in [5.74, 6) is 2.57. The molecule has 1 saturated heterocycles. The minimum absolute atomic E-state index is 0. The minimum atomic E-state index is 0. The summed E-state index contributed by atoms with van der Waals surface area (Å²) < 4.78 is 7.63. The molecule has 0 radical (unpaired) electrons. The van der Waals surface area contributed by atoms with Crippen LogP contribution in [0.5, 0.6) is 0 Å².